The van der Waals surface area contributed by atoms with E-state index in [4.69, 9.17) is 15.7 Å². The highest BCUT2D eigenvalue weighted by atomic mass is 32.9. The van der Waals surface area contributed by atoms with Gasteiger partial charge in [-0.05, 0) is 0 Å². The maximum Gasteiger partial charge on any atom is 0.143 e. The van der Waals surface area contributed by atoms with Crippen molar-refractivity contribution in [2.24, 2.45) is 5.73 Å². The molecule has 2 atom stereocenters. The van der Waals surface area contributed by atoms with Gasteiger partial charge in [0.25, 0.3) is 0 Å². The summed E-state index contributed by atoms with van der Waals surface area (Å²) in [7, 11) is 0. The van der Waals surface area contributed by atoms with Gasteiger partial charge < -0.3 is 15.7 Å². The van der Waals surface area contributed by atoms with Crippen LogP contribution in [0.3, 0.4) is 0 Å². The first kappa shape index (κ1) is 8.88. The number of aliphatic hydroxyl groups excluding tert-OH is 1. The standard InChI is InChI=1S/C2H8NO2PS2/c3-1-2(4)6(5,7)8/h2,4H,1,3H2,(H2,5,7,8). The fourth-order valence-electron chi connectivity index (χ4n) is 0.137. The van der Waals surface area contributed by atoms with Crippen molar-refractivity contribution in [2.45, 2.75) is 5.85 Å². The van der Waals surface area contributed by atoms with E-state index in [9.17, 15) is 0 Å². The van der Waals surface area contributed by atoms with Gasteiger partial charge >= 0.3 is 0 Å². The number of hydrogen-bond acceptors (Lipinski definition) is 3. The Bertz CT molecular complexity index is 113. The highest BCUT2D eigenvalue weighted by Crippen LogP contribution is 2.49. The zero-order valence-corrected chi connectivity index (χ0v) is 6.66. The smallest absolute Gasteiger partial charge is 0.143 e. The van der Waals surface area contributed by atoms with Crippen molar-refractivity contribution in [3.05, 3.63) is 0 Å². The summed E-state index contributed by atoms with van der Waals surface area (Å²) in [5, 5.41) is 8.69. The van der Waals surface area contributed by atoms with Gasteiger partial charge in [-0.3, -0.25) is 0 Å². The molecule has 0 aliphatic heterocycles. The number of hydrogen-bond donors (Lipinski definition) is 4. The third-order valence-corrected chi connectivity index (χ3v) is 3.12. The van der Waals surface area contributed by atoms with E-state index in [1.165, 1.54) is 0 Å². The Morgan fingerprint density at radius 3 is 2.25 bits per heavy atom. The molecular formula is C2H8NO2PS2. The maximum atomic E-state index is 8.75. The Morgan fingerprint density at radius 2 is 2.25 bits per heavy atom. The van der Waals surface area contributed by atoms with E-state index in [0.29, 0.717) is 0 Å². The van der Waals surface area contributed by atoms with Crippen molar-refractivity contribution in [3.63, 3.8) is 0 Å². The zero-order valence-electron chi connectivity index (χ0n) is 4.06. The topological polar surface area (TPSA) is 66.5 Å². The second-order valence-electron chi connectivity index (χ2n) is 1.31. The molecule has 0 fully saturated rings. The van der Waals surface area contributed by atoms with Crippen molar-refractivity contribution >= 4 is 29.5 Å². The van der Waals surface area contributed by atoms with Crippen molar-refractivity contribution in [1.29, 1.82) is 0 Å². The SMILES string of the molecule is NCC(O)P(O)(=S)S. The largest absolute Gasteiger partial charge is 0.383 e. The van der Waals surface area contributed by atoms with E-state index >= 15 is 0 Å². The van der Waals surface area contributed by atoms with Crippen molar-refractivity contribution in [1.82, 2.24) is 0 Å². The molecule has 0 aromatic carbocycles. The van der Waals surface area contributed by atoms with E-state index in [0.717, 1.165) is 0 Å². The zero-order chi connectivity index (χ0) is 6.78. The average Bonchev–Trinajstić information content (AvgIpc) is 1.62. The fraction of sp³-hybridized carbons (Fsp3) is 1.00. The van der Waals surface area contributed by atoms with Crippen LogP contribution in [0, 0.1) is 0 Å². The summed E-state index contributed by atoms with van der Waals surface area (Å²) in [6.07, 6.45) is 0. The minimum Gasteiger partial charge on any atom is -0.383 e. The minimum absolute atomic E-state index is 0.0305. The molecule has 0 aromatic rings. The van der Waals surface area contributed by atoms with Gasteiger partial charge in [-0.15, -0.1) is 12.2 Å². The van der Waals surface area contributed by atoms with Gasteiger partial charge in [-0.25, -0.2) is 0 Å². The Balaban J connectivity index is 3.82. The summed E-state index contributed by atoms with van der Waals surface area (Å²) in [5.41, 5.74) is 2.16. The summed E-state index contributed by atoms with van der Waals surface area (Å²) in [6, 6.07) is 0. The van der Waals surface area contributed by atoms with Crippen LogP contribution >= 0.6 is 17.7 Å². The second kappa shape index (κ2) is 3.15. The quantitative estimate of drug-likeness (QED) is 0.335. The molecule has 0 aliphatic rings. The molecule has 0 heterocycles. The van der Waals surface area contributed by atoms with Gasteiger partial charge in [0, 0.05) is 6.54 Å². The third kappa shape index (κ3) is 3.02. The average molecular weight is 173 g/mol. The van der Waals surface area contributed by atoms with Crippen LogP contribution < -0.4 is 5.73 Å². The van der Waals surface area contributed by atoms with Gasteiger partial charge in [-0.1, -0.05) is 11.8 Å². The summed E-state index contributed by atoms with van der Waals surface area (Å²) in [6.45, 7) is -0.0305. The summed E-state index contributed by atoms with van der Waals surface area (Å²) < 4.78 is 0. The van der Waals surface area contributed by atoms with E-state index < -0.39 is 11.3 Å². The fourth-order valence-corrected chi connectivity index (χ4v) is 0.953. The van der Waals surface area contributed by atoms with Gasteiger partial charge in [-0.2, -0.15) is 0 Å². The molecule has 4 N–H and O–H groups in total. The normalized spacial score (nSPS) is 22.0. The predicted octanol–water partition coefficient (Wildman–Crippen LogP) is -0.505. The van der Waals surface area contributed by atoms with Crippen LogP contribution in [0.1, 0.15) is 0 Å². The molecule has 0 aliphatic carbocycles. The van der Waals surface area contributed by atoms with E-state index in [1.807, 2.05) is 0 Å². The third-order valence-electron chi connectivity index (χ3n) is 0.599. The molecular weight excluding hydrogens is 165 g/mol. The summed E-state index contributed by atoms with van der Waals surface area (Å²) in [5.74, 6) is -1.03. The highest BCUT2D eigenvalue weighted by molar-refractivity contribution is 8.61. The van der Waals surface area contributed by atoms with Crippen molar-refractivity contribution in [3.8, 4) is 0 Å². The van der Waals surface area contributed by atoms with Crippen LogP contribution in [0.4, 0.5) is 0 Å². The van der Waals surface area contributed by atoms with Gasteiger partial charge in [0.05, 0.1) is 0 Å². The molecule has 0 bridgehead atoms. The van der Waals surface area contributed by atoms with Crippen molar-refractivity contribution < 1.29 is 10.00 Å². The first-order valence-electron chi connectivity index (χ1n) is 1.92. The Labute approximate surface area is 58.1 Å². The predicted molar refractivity (Wildman–Crippen MR) is 40.6 cm³/mol. The molecule has 6 heteroatoms. The van der Waals surface area contributed by atoms with E-state index in [-0.39, 0.29) is 6.54 Å². The van der Waals surface area contributed by atoms with Gasteiger partial charge in [0.1, 0.15) is 11.3 Å². The second-order valence-corrected chi connectivity index (χ2v) is 7.39. The lowest BCUT2D eigenvalue weighted by Crippen LogP contribution is -2.17. The van der Waals surface area contributed by atoms with Crippen LogP contribution in [0.2, 0.25) is 0 Å². The molecule has 3 nitrogen and oxygen atoms in total. The van der Waals surface area contributed by atoms with Crippen LogP contribution in [-0.4, -0.2) is 22.4 Å². The number of nitrogens with two attached hydrogens (primary N) is 1. The van der Waals surface area contributed by atoms with E-state index in [1.54, 1.807) is 0 Å². The number of aliphatic hydroxyl groups is 1. The molecule has 0 aromatic heterocycles. The Hall–Kier alpha value is 0.880. The van der Waals surface area contributed by atoms with Crippen LogP contribution in [0.5, 0.6) is 0 Å². The van der Waals surface area contributed by atoms with Crippen LogP contribution in [0.15, 0.2) is 0 Å². The minimum atomic E-state index is -2.80. The Morgan fingerprint density at radius 1 is 1.88 bits per heavy atom. The molecule has 0 amide bonds. The highest BCUT2D eigenvalue weighted by Gasteiger charge is 2.16. The molecule has 0 spiro atoms. The number of thiol groups is 1. The molecule has 2 unspecified atom stereocenters. The number of rotatable bonds is 2. The molecule has 0 saturated carbocycles. The molecule has 0 rings (SSSR count). The molecule has 0 saturated heterocycles. The van der Waals surface area contributed by atoms with Gasteiger partial charge in [0.15, 0.2) is 0 Å². The maximum absolute atomic E-state index is 8.75. The molecule has 8 heavy (non-hydrogen) atoms. The first-order chi connectivity index (χ1) is 3.48. The monoisotopic (exact) mass is 173 g/mol. The lowest BCUT2D eigenvalue weighted by atomic mass is 10.7. The molecule has 50 valence electrons. The van der Waals surface area contributed by atoms with Crippen LogP contribution in [-0.2, 0) is 11.8 Å². The lowest BCUT2D eigenvalue weighted by molar-refractivity contribution is 0.256. The van der Waals surface area contributed by atoms with E-state index in [2.05, 4.69) is 24.1 Å². The lowest BCUT2D eigenvalue weighted by Gasteiger charge is -2.12. The Kier molecular flexibility index (Phi) is 3.50. The summed E-state index contributed by atoms with van der Waals surface area (Å²) in [4.78, 5) is 8.75. The van der Waals surface area contributed by atoms with Gasteiger partial charge in [0.2, 0.25) is 0 Å². The molecule has 0 radical (unpaired) electrons. The van der Waals surface area contributed by atoms with Crippen LogP contribution in [0.25, 0.3) is 0 Å². The summed E-state index contributed by atoms with van der Waals surface area (Å²) >= 11 is 7.99. The van der Waals surface area contributed by atoms with Crippen molar-refractivity contribution in [2.75, 3.05) is 6.54 Å². The first-order valence-corrected chi connectivity index (χ1v) is 5.89.